The summed E-state index contributed by atoms with van der Waals surface area (Å²) >= 11 is 5.80. The van der Waals surface area contributed by atoms with Gasteiger partial charge in [0.2, 0.25) is 5.82 Å². The molecule has 9 heteroatoms. The number of carbonyl (C=O) groups is 2. The van der Waals surface area contributed by atoms with Crippen molar-refractivity contribution in [2.45, 2.75) is 6.54 Å². The second-order valence-electron chi connectivity index (χ2n) is 6.62. The molecular formula is C22H17ClN6O2. The zero-order valence-corrected chi connectivity index (χ0v) is 17.0. The first kappa shape index (κ1) is 20.2. The fraction of sp³-hybridized carbons (Fsp3) is 0.0455. The highest BCUT2D eigenvalue weighted by atomic mass is 35.5. The number of halogens is 1. The van der Waals surface area contributed by atoms with Crippen LogP contribution in [0.1, 0.15) is 26.3 Å². The summed E-state index contributed by atoms with van der Waals surface area (Å²) in [6.45, 7) is 0.412. The molecule has 1 aromatic heterocycles. The molecule has 8 nitrogen and oxygen atoms in total. The van der Waals surface area contributed by atoms with Gasteiger partial charge < -0.3 is 0 Å². The Morgan fingerprint density at radius 1 is 0.806 bits per heavy atom. The Hall–Kier alpha value is -4.04. The molecule has 4 rings (SSSR count). The van der Waals surface area contributed by atoms with E-state index >= 15 is 0 Å². The largest absolute Gasteiger partial charge is 0.269 e. The van der Waals surface area contributed by atoms with Crippen molar-refractivity contribution in [2.24, 2.45) is 0 Å². The second-order valence-corrected chi connectivity index (χ2v) is 7.06. The minimum Gasteiger partial charge on any atom is -0.267 e. The molecule has 154 valence electrons. The van der Waals surface area contributed by atoms with E-state index in [0.29, 0.717) is 28.5 Å². The maximum absolute atomic E-state index is 12.3. The zero-order valence-electron chi connectivity index (χ0n) is 16.2. The van der Waals surface area contributed by atoms with Crippen LogP contribution in [0, 0.1) is 0 Å². The lowest BCUT2D eigenvalue weighted by Gasteiger charge is -2.08. The Morgan fingerprint density at radius 3 is 2.00 bits per heavy atom. The molecule has 1 heterocycles. The van der Waals surface area contributed by atoms with Gasteiger partial charge in [-0.05, 0) is 47.2 Å². The molecule has 0 unspecified atom stereocenters. The molecule has 2 N–H and O–H groups in total. The number of carbonyl (C=O) groups excluding carboxylic acids is 2. The summed E-state index contributed by atoms with van der Waals surface area (Å²) in [5.74, 6) is -0.319. The first-order chi connectivity index (χ1) is 15.1. The SMILES string of the molecule is O=C(NNC(=O)c1ccc(Cn2nnc(-c3ccccc3)n2)cc1)c1ccc(Cl)cc1. The Bertz CT molecular complexity index is 1190. The number of benzene rings is 3. The molecule has 3 aromatic carbocycles. The fourth-order valence-electron chi connectivity index (χ4n) is 2.80. The summed E-state index contributed by atoms with van der Waals surface area (Å²) in [5.41, 5.74) is 7.34. The average molecular weight is 433 g/mol. The van der Waals surface area contributed by atoms with E-state index in [2.05, 4.69) is 26.3 Å². The fourth-order valence-corrected chi connectivity index (χ4v) is 2.92. The van der Waals surface area contributed by atoms with Gasteiger partial charge in [-0.25, -0.2) is 0 Å². The standard InChI is InChI=1S/C22H17ClN6O2/c23-19-12-10-18(11-13-19)22(31)26-25-21(30)17-8-6-15(7-9-17)14-29-27-20(24-28-29)16-4-2-1-3-5-16/h1-13H,14H2,(H,25,30)(H,26,31). The van der Waals surface area contributed by atoms with Gasteiger partial charge in [-0.3, -0.25) is 20.4 Å². The summed E-state index contributed by atoms with van der Waals surface area (Å²) in [6, 6.07) is 22.8. The van der Waals surface area contributed by atoms with E-state index in [4.69, 9.17) is 11.6 Å². The van der Waals surface area contributed by atoms with E-state index in [0.717, 1.165) is 11.1 Å². The number of rotatable bonds is 5. The molecule has 0 aliphatic carbocycles. The van der Waals surface area contributed by atoms with Crippen molar-refractivity contribution in [1.29, 1.82) is 0 Å². The average Bonchev–Trinajstić information content (AvgIpc) is 3.27. The van der Waals surface area contributed by atoms with Crippen LogP contribution in [0.4, 0.5) is 0 Å². The molecule has 0 aliphatic heterocycles. The molecule has 0 aliphatic rings. The van der Waals surface area contributed by atoms with Crippen LogP contribution in [-0.4, -0.2) is 32.0 Å². The van der Waals surface area contributed by atoms with Gasteiger partial charge in [0.25, 0.3) is 11.8 Å². The number of hydrogen-bond donors (Lipinski definition) is 2. The van der Waals surface area contributed by atoms with Crippen molar-refractivity contribution >= 4 is 23.4 Å². The molecule has 0 bridgehead atoms. The first-order valence-corrected chi connectivity index (χ1v) is 9.75. The molecule has 4 aromatic rings. The van der Waals surface area contributed by atoms with E-state index in [9.17, 15) is 9.59 Å². The topological polar surface area (TPSA) is 102 Å². The number of hydrogen-bond acceptors (Lipinski definition) is 5. The van der Waals surface area contributed by atoms with Gasteiger partial charge in [-0.15, -0.1) is 10.2 Å². The van der Waals surface area contributed by atoms with Crippen LogP contribution < -0.4 is 10.9 Å². The smallest absolute Gasteiger partial charge is 0.267 e. The monoisotopic (exact) mass is 432 g/mol. The maximum Gasteiger partial charge on any atom is 0.269 e. The Labute approximate surface area is 182 Å². The highest BCUT2D eigenvalue weighted by Crippen LogP contribution is 2.13. The summed E-state index contributed by atoms with van der Waals surface area (Å²) in [5, 5.41) is 13.0. The molecular weight excluding hydrogens is 416 g/mol. The van der Waals surface area contributed by atoms with Gasteiger partial charge >= 0.3 is 0 Å². The maximum atomic E-state index is 12.3. The van der Waals surface area contributed by atoms with Gasteiger partial charge in [-0.1, -0.05) is 54.1 Å². The number of tetrazole rings is 1. The van der Waals surface area contributed by atoms with Crippen molar-refractivity contribution in [3.63, 3.8) is 0 Å². The van der Waals surface area contributed by atoms with E-state index in [1.807, 2.05) is 30.3 Å². The number of hydrazine groups is 1. The van der Waals surface area contributed by atoms with Crippen molar-refractivity contribution in [3.8, 4) is 11.4 Å². The van der Waals surface area contributed by atoms with Crippen LogP contribution in [-0.2, 0) is 6.54 Å². The van der Waals surface area contributed by atoms with Gasteiger partial charge in [0, 0.05) is 21.7 Å². The van der Waals surface area contributed by atoms with Crippen LogP contribution in [0.2, 0.25) is 5.02 Å². The summed E-state index contributed by atoms with van der Waals surface area (Å²) in [6.07, 6.45) is 0. The van der Waals surface area contributed by atoms with Crippen LogP contribution in [0.15, 0.2) is 78.9 Å². The number of nitrogens with zero attached hydrogens (tertiary/aromatic N) is 4. The van der Waals surface area contributed by atoms with Crippen molar-refractivity contribution < 1.29 is 9.59 Å². The van der Waals surface area contributed by atoms with Crippen LogP contribution in [0.5, 0.6) is 0 Å². The quantitative estimate of drug-likeness (QED) is 0.472. The van der Waals surface area contributed by atoms with Gasteiger partial charge in [0.05, 0.1) is 6.54 Å². The lowest BCUT2D eigenvalue weighted by Crippen LogP contribution is -2.41. The zero-order chi connectivity index (χ0) is 21.6. The molecule has 0 spiro atoms. The number of nitrogens with one attached hydrogen (secondary N) is 2. The van der Waals surface area contributed by atoms with E-state index in [-0.39, 0.29) is 0 Å². The Kier molecular flexibility index (Phi) is 6.00. The van der Waals surface area contributed by atoms with E-state index < -0.39 is 11.8 Å². The summed E-state index contributed by atoms with van der Waals surface area (Å²) < 4.78 is 0. The third kappa shape index (κ3) is 5.12. The van der Waals surface area contributed by atoms with Crippen molar-refractivity contribution in [2.75, 3.05) is 0 Å². The second kappa shape index (κ2) is 9.19. The first-order valence-electron chi connectivity index (χ1n) is 9.37. The van der Waals surface area contributed by atoms with Crippen LogP contribution in [0.25, 0.3) is 11.4 Å². The Balaban J connectivity index is 1.33. The highest BCUT2D eigenvalue weighted by Gasteiger charge is 2.10. The molecule has 0 radical (unpaired) electrons. The van der Waals surface area contributed by atoms with Crippen LogP contribution >= 0.6 is 11.6 Å². The van der Waals surface area contributed by atoms with Gasteiger partial charge in [0.15, 0.2) is 0 Å². The third-order valence-corrected chi connectivity index (χ3v) is 4.67. The van der Waals surface area contributed by atoms with E-state index in [1.165, 1.54) is 4.80 Å². The molecule has 31 heavy (non-hydrogen) atoms. The minimum absolute atomic E-state index is 0.384. The summed E-state index contributed by atoms with van der Waals surface area (Å²) in [4.78, 5) is 25.8. The number of aromatic nitrogens is 4. The molecule has 0 saturated carbocycles. The van der Waals surface area contributed by atoms with Crippen molar-refractivity contribution in [1.82, 2.24) is 31.1 Å². The third-order valence-electron chi connectivity index (χ3n) is 4.42. The Morgan fingerprint density at radius 2 is 1.39 bits per heavy atom. The molecule has 0 saturated heterocycles. The lowest BCUT2D eigenvalue weighted by atomic mass is 10.1. The van der Waals surface area contributed by atoms with Crippen LogP contribution in [0.3, 0.4) is 0 Å². The van der Waals surface area contributed by atoms with Gasteiger partial charge in [-0.2, -0.15) is 4.80 Å². The highest BCUT2D eigenvalue weighted by molar-refractivity contribution is 6.30. The number of amides is 2. The normalized spacial score (nSPS) is 10.5. The molecule has 0 fully saturated rings. The summed E-state index contributed by atoms with van der Waals surface area (Å²) in [7, 11) is 0. The molecule has 0 atom stereocenters. The predicted molar refractivity (Wildman–Crippen MR) is 115 cm³/mol. The lowest BCUT2D eigenvalue weighted by molar-refractivity contribution is 0.0846. The predicted octanol–water partition coefficient (Wildman–Crippen LogP) is 3.12. The van der Waals surface area contributed by atoms with Gasteiger partial charge in [0.1, 0.15) is 0 Å². The van der Waals surface area contributed by atoms with Crippen molar-refractivity contribution in [3.05, 3.63) is 101 Å². The minimum atomic E-state index is -0.437. The van der Waals surface area contributed by atoms with E-state index in [1.54, 1.807) is 48.5 Å². The molecule has 2 amide bonds.